The summed E-state index contributed by atoms with van der Waals surface area (Å²) in [6.07, 6.45) is 3.86. The fraction of sp³-hybridized carbons (Fsp3) is 0.0152. The molecule has 7 heteroatoms. The van der Waals surface area contributed by atoms with E-state index >= 15 is 0 Å². The van der Waals surface area contributed by atoms with Crippen molar-refractivity contribution in [3.63, 3.8) is 0 Å². The number of fused-ring (bicyclic) bond motifs is 18. The van der Waals surface area contributed by atoms with Crippen LogP contribution < -0.4 is 4.74 Å². The van der Waals surface area contributed by atoms with Crippen LogP contribution in [0, 0.1) is 6.57 Å². The van der Waals surface area contributed by atoms with Gasteiger partial charge in [0.1, 0.15) is 11.5 Å². The van der Waals surface area contributed by atoms with Gasteiger partial charge in [-0.25, -0.2) is 4.85 Å². The number of pyridine rings is 2. The normalized spacial score (nSPS) is 14.5. The third kappa shape index (κ3) is 5.36. The molecule has 0 N–H and O–H groups in total. The first kappa shape index (κ1) is 39.8. The van der Waals surface area contributed by atoms with Crippen LogP contribution in [0.1, 0.15) is 22.3 Å². The lowest BCUT2D eigenvalue weighted by Crippen LogP contribution is -2.32. The molecule has 1 atom stereocenters. The van der Waals surface area contributed by atoms with Crippen molar-refractivity contribution < 1.29 is 4.74 Å². The Balaban J connectivity index is 0.969. The van der Waals surface area contributed by atoms with Crippen molar-refractivity contribution in [2.75, 3.05) is 0 Å². The van der Waals surface area contributed by atoms with Gasteiger partial charge in [0, 0.05) is 67.3 Å². The number of para-hydroxylation sites is 5. The number of hydrogen-bond acceptors (Lipinski definition) is 3. The average molecular weight is 931 g/mol. The third-order valence-electron chi connectivity index (χ3n) is 15.6. The molecule has 338 valence electrons. The Morgan fingerprint density at radius 2 is 0.932 bits per heavy atom. The van der Waals surface area contributed by atoms with E-state index in [2.05, 4.69) is 225 Å². The number of nitrogens with zero attached hydrogens (tertiary/aromatic N) is 6. The van der Waals surface area contributed by atoms with Crippen LogP contribution in [0.4, 0.5) is 5.69 Å². The van der Waals surface area contributed by atoms with E-state index in [-0.39, 0.29) is 0 Å². The van der Waals surface area contributed by atoms with Gasteiger partial charge in [-0.3, -0.25) is 9.97 Å². The van der Waals surface area contributed by atoms with E-state index in [4.69, 9.17) is 21.3 Å². The molecule has 2 aliphatic rings. The Bertz CT molecular complexity index is 4690. The molecule has 0 radical (unpaired) electrons. The standard InChI is InChI=1S/C66H38N6O/c1-67-42-27-31-61-51(36-42)49-19-8-12-24-59(49)72(61)45-37-55-65(69-39-45)64-53(20-13-33-68-64)66(55)52-29-28-44(71-56-21-9-5-16-46(56)47-17-6-10-22-57(47)71)38-63(52)73-62-32-26-41(35-54(62)66)40-25-30-60-50(34-40)48-18-7-11-23-58(48)70(60)43-14-3-2-4-15-43/h2-39H. The molecule has 0 saturated carbocycles. The van der Waals surface area contributed by atoms with Gasteiger partial charge in [-0.2, -0.15) is 0 Å². The van der Waals surface area contributed by atoms with E-state index in [1.807, 2.05) is 24.5 Å². The highest BCUT2D eigenvalue weighted by molar-refractivity contribution is 6.12. The van der Waals surface area contributed by atoms with Crippen LogP contribution in [0.2, 0.25) is 0 Å². The van der Waals surface area contributed by atoms with Crippen LogP contribution in [-0.2, 0) is 5.41 Å². The molecular formula is C66H38N6O. The quantitative estimate of drug-likeness (QED) is 0.165. The first-order valence-corrected chi connectivity index (χ1v) is 24.6. The van der Waals surface area contributed by atoms with Crippen LogP contribution >= 0.6 is 0 Å². The van der Waals surface area contributed by atoms with Crippen molar-refractivity contribution in [3.05, 3.63) is 264 Å². The Kier molecular flexibility index (Phi) is 8.04. The molecule has 5 aromatic heterocycles. The number of hydrogen-bond donors (Lipinski definition) is 0. The molecule has 1 unspecified atom stereocenters. The highest BCUT2D eigenvalue weighted by Gasteiger charge is 2.53. The molecule has 6 heterocycles. The van der Waals surface area contributed by atoms with Crippen molar-refractivity contribution in [2.24, 2.45) is 0 Å². The Morgan fingerprint density at radius 1 is 0.370 bits per heavy atom. The first-order valence-electron chi connectivity index (χ1n) is 24.6. The van der Waals surface area contributed by atoms with E-state index in [0.29, 0.717) is 5.69 Å². The largest absolute Gasteiger partial charge is 0.457 e. The van der Waals surface area contributed by atoms with Crippen LogP contribution in [0.3, 0.4) is 0 Å². The lowest BCUT2D eigenvalue weighted by atomic mass is 9.66. The molecule has 1 aliphatic carbocycles. The lowest BCUT2D eigenvalue weighted by molar-refractivity contribution is 0.436. The molecule has 16 rings (SSSR count). The molecule has 9 aromatic carbocycles. The maximum atomic E-state index is 7.86. The van der Waals surface area contributed by atoms with Crippen molar-refractivity contribution >= 4 is 71.1 Å². The van der Waals surface area contributed by atoms with Gasteiger partial charge in [0.05, 0.1) is 68.4 Å². The predicted octanol–water partition coefficient (Wildman–Crippen LogP) is 16.5. The molecule has 14 aromatic rings. The van der Waals surface area contributed by atoms with Gasteiger partial charge < -0.3 is 18.4 Å². The summed E-state index contributed by atoms with van der Waals surface area (Å²) in [5.74, 6) is 1.54. The summed E-state index contributed by atoms with van der Waals surface area (Å²) in [5.41, 5.74) is 17.4. The predicted molar refractivity (Wildman–Crippen MR) is 294 cm³/mol. The van der Waals surface area contributed by atoms with Crippen molar-refractivity contribution in [1.29, 1.82) is 0 Å². The maximum absolute atomic E-state index is 7.86. The van der Waals surface area contributed by atoms with E-state index in [1.165, 1.54) is 27.1 Å². The summed E-state index contributed by atoms with van der Waals surface area (Å²) in [7, 11) is 0. The van der Waals surface area contributed by atoms with Gasteiger partial charge in [0.2, 0.25) is 0 Å². The molecule has 1 aliphatic heterocycles. The fourth-order valence-electron chi connectivity index (χ4n) is 12.6. The second-order valence-electron chi connectivity index (χ2n) is 19.2. The number of ether oxygens (including phenoxy) is 1. The lowest BCUT2D eigenvalue weighted by Gasteiger charge is -2.39. The Hall–Kier alpha value is -10.0. The van der Waals surface area contributed by atoms with E-state index in [0.717, 1.165) is 112 Å². The molecule has 1 spiro atoms. The third-order valence-corrected chi connectivity index (χ3v) is 15.6. The molecular weight excluding hydrogens is 893 g/mol. The summed E-state index contributed by atoms with van der Waals surface area (Å²) in [6.45, 7) is 7.86. The fourth-order valence-corrected chi connectivity index (χ4v) is 12.6. The maximum Gasteiger partial charge on any atom is 0.188 e. The molecule has 0 fully saturated rings. The second-order valence-corrected chi connectivity index (χ2v) is 19.2. The SMILES string of the molecule is [C-]#[N+]c1ccc2c(c1)c1ccccc1n2-c1cnc2c(c1)C1(c3ccc(-n4c5ccccc5c5ccccc54)cc3Oc3ccc(-c4ccc5c(c4)c4ccccc4n5-c4ccccc4)cc31)c1cccnc1-2. The van der Waals surface area contributed by atoms with Gasteiger partial charge in [0.25, 0.3) is 0 Å². The highest BCUT2D eigenvalue weighted by Crippen LogP contribution is 2.62. The zero-order valence-corrected chi connectivity index (χ0v) is 39.0. The Morgan fingerprint density at radius 3 is 1.63 bits per heavy atom. The van der Waals surface area contributed by atoms with Gasteiger partial charge in [-0.15, -0.1) is 0 Å². The van der Waals surface area contributed by atoms with Crippen LogP contribution in [0.15, 0.2) is 231 Å². The summed E-state index contributed by atoms with van der Waals surface area (Å²) in [4.78, 5) is 14.4. The van der Waals surface area contributed by atoms with E-state index in [1.54, 1.807) is 0 Å². The first-order chi connectivity index (χ1) is 36.2. The van der Waals surface area contributed by atoms with E-state index < -0.39 is 5.41 Å². The molecule has 7 nitrogen and oxygen atoms in total. The minimum Gasteiger partial charge on any atom is -0.457 e. The summed E-state index contributed by atoms with van der Waals surface area (Å²) >= 11 is 0. The topological polar surface area (TPSA) is 54.2 Å². The summed E-state index contributed by atoms with van der Waals surface area (Å²) in [6, 6.07) is 77.9. The Labute approximate surface area is 418 Å². The minimum atomic E-state index is -0.899. The average Bonchev–Trinajstić information content (AvgIpc) is 4.17. The zero-order chi connectivity index (χ0) is 47.9. The van der Waals surface area contributed by atoms with Gasteiger partial charge in [0.15, 0.2) is 5.69 Å². The van der Waals surface area contributed by atoms with Gasteiger partial charge >= 0.3 is 0 Å². The number of benzene rings is 9. The number of aromatic nitrogens is 5. The van der Waals surface area contributed by atoms with Crippen LogP contribution in [-0.4, -0.2) is 23.7 Å². The molecule has 73 heavy (non-hydrogen) atoms. The second kappa shape index (κ2) is 14.8. The summed E-state index contributed by atoms with van der Waals surface area (Å²) in [5, 5.41) is 6.90. The monoisotopic (exact) mass is 930 g/mol. The molecule has 0 bridgehead atoms. The van der Waals surface area contributed by atoms with Crippen molar-refractivity contribution in [2.45, 2.75) is 5.41 Å². The minimum absolute atomic E-state index is 0.607. The van der Waals surface area contributed by atoms with Crippen molar-refractivity contribution in [1.82, 2.24) is 23.7 Å². The van der Waals surface area contributed by atoms with Gasteiger partial charge in [-0.05, 0) is 113 Å². The van der Waals surface area contributed by atoms with Gasteiger partial charge in [-0.1, -0.05) is 121 Å². The van der Waals surface area contributed by atoms with Crippen LogP contribution in [0.5, 0.6) is 11.5 Å². The molecule has 0 saturated heterocycles. The molecule has 0 amide bonds. The zero-order valence-electron chi connectivity index (χ0n) is 39.0. The van der Waals surface area contributed by atoms with E-state index in [9.17, 15) is 0 Å². The number of rotatable bonds is 4. The van der Waals surface area contributed by atoms with Crippen molar-refractivity contribution in [3.8, 4) is 51.1 Å². The highest BCUT2D eigenvalue weighted by atomic mass is 16.5. The smallest absolute Gasteiger partial charge is 0.188 e. The summed E-state index contributed by atoms with van der Waals surface area (Å²) < 4.78 is 14.3. The van der Waals surface area contributed by atoms with Crippen LogP contribution in [0.25, 0.3) is 110 Å².